The molecule has 0 bridgehead atoms. The predicted molar refractivity (Wildman–Crippen MR) is 97.8 cm³/mol. The Labute approximate surface area is 149 Å². The van der Waals surface area contributed by atoms with Crippen molar-refractivity contribution >= 4 is 33.3 Å². The van der Waals surface area contributed by atoms with Crippen molar-refractivity contribution in [3.05, 3.63) is 35.8 Å². The van der Waals surface area contributed by atoms with Gasteiger partial charge in [0.15, 0.2) is 5.13 Å². The maximum absolute atomic E-state index is 12.0. The van der Waals surface area contributed by atoms with E-state index in [0.29, 0.717) is 11.7 Å². The fraction of sp³-hybridized carbons (Fsp3) is 0.333. The summed E-state index contributed by atoms with van der Waals surface area (Å²) >= 11 is 1.41. The van der Waals surface area contributed by atoms with Gasteiger partial charge in [-0.15, -0.1) is 11.3 Å². The van der Waals surface area contributed by atoms with E-state index >= 15 is 0 Å². The summed E-state index contributed by atoms with van der Waals surface area (Å²) in [6.07, 6.45) is 4.13. The number of rotatable bonds is 6. The zero-order valence-corrected chi connectivity index (χ0v) is 14.5. The van der Waals surface area contributed by atoms with Crippen LogP contribution in [0.2, 0.25) is 0 Å². The molecule has 7 heteroatoms. The van der Waals surface area contributed by atoms with Crippen LogP contribution in [0.25, 0.3) is 22.2 Å². The predicted octanol–water partition coefficient (Wildman–Crippen LogP) is 3.43. The number of nitrogens with one attached hydrogen (secondary N) is 2. The van der Waals surface area contributed by atoms with Gasteiger partial charge in [-0.05, 0) is 18.9 Å². The van der Waals surface area contributed by atoms with Gasteiger partial charge >= 0.3 is 0 Å². The summed E-state index contributed by atoms with van der Waals surface area (Å²) in [5, 5.41) is 6.42. The molecule has 1 atom stereocenters. The van der Waals surface area contributed by atoms with E-state index in [1.54, 1.807) is 0 Å². The first-order valence-electron chi connectivity index (χ1n) is 8.31. The molecule has 4 rings (SSSR count). The van der Waals surface area contributed by atoms with Crippen molar-refractivity contribution in [3.8, 4) is 11.3 Å². The average molecular weight is 357 g/mol. The van der Waals surface area contributed by atoms with E-state index in [9.17, 15) is 4.79 Å². The van der Waals surface area contributed by atoms with Crippen molar-refractivity contribution < 1.29 is 14.3 Å². The van der Waals surface area contributed by atoms with E-state index in [2.05, 4.69) is 21.4 Å². The number of carbonyl (C=O) groups excluding carboxylic acids is 1. The molecule has 0 saturated carbocycles. The molecular formula is C18H19N3O3S. The first-order valence-corrected chi connectivity index (χ1v) is 9.19. The average Bonchev–Trinajstić information content (AvgIpc) is 3.35. The molecule has 130 valence electrons. The molecule has 1 aliphatic rings. The van der Waals surface area contributed by atoms with Gasteiger partial charge in [0.05, 0.1) is 18.4 Å². The number of amides is 1. The second kappa shape index (κ2) is 7.35. The molecule has 0 aliphatic carbocycles. The van der Waals surface area contributed by atoms with Crippen LogP contribution in [0.1, 0.15) is 12.8 Å². The molecule has 1 unspecified atom stereocenters. The number of thiazole rings is 1. The molecule has 2 aromatic heterocycles. The van der Waals surface area contributed by atoms with Crippen molar-refractivity contribution in [2.75, 3.05) is 25.1 Å². The van der Waals surface area contributed by atoms with Gasteiger partial charge in [0, 0.05) is 34.7 Å². The number of aromatic amines is 1. The Morgan fingerprint density at radius 2 is 2.36 bits per heavy atom. The summed E-state index contributed by atoms with van der Waals surface area (Å²) in [4.78, 5) is 19.7. The second-order valence-corrected chi connectivity index (χ2v) is 6.84. The fourth-order valence-corrected chi connectivity index (χ4v) is 3.68. The Balaban J connectivity index is 1.35. The number of ether oxygens (including phenoxy) is 2. The van der Waals surface area contributed by atoms with Gasteiger partial charge in [0.2, 0.25) is 0 Å². The number of hydrogen-bond donors (Lipinski definition) is 2. The van der Waals surface area contributed by atoms with Gasteiger partial charge < -0.3 is 14.5 Å². The standard InChI is InChI=1S/C18H19N3O3S/c22-17(10-23-9-12-4-3-7-24-12)21-18-20-16(11-25-18)14-8-19-15-6-2-1-5-13(14)15/h1-2,5-6,8,11-12,19H,3-4,7,9-10H2,(H,20,21,22). The van der Waals surface area contributed by atoms with Gasteiger partial charge in [0.1, 0.15) is 6.61 Å². The summed E-state index contributed by atoms with van der Waals surface area (Å²) in [5.41, 5.74) is 2.94. The van der Waals surface area contributed by atoms with Crippen LogP contribution >= 0.6 is 11.3 Å². The number of carbonyl (C=O) groups is 1. The molecule has 2 N–H and O–H groups in total. The molecule has 1 aliphatic heterocycles. The highest BCUT2D eigenvalue weighted by Crippen LogP contribution is 2.30. The summed E-state index contributed by atoms with van der Waals surface area (Å²) < 4.78 is 10.9. The molecule has 3 heterocycles. The van der Waals surface area contributed by atoms with Crippen LogP contribution in [0, 0.1) is 0 Å². The summed E-state index contributed by atoms with van der Waals surface area (Å²) in [6.45, 7) is 1.27. The van der Waals surface area contributed by atoms with E-state index in [-0.39, 0.29) is 18.6 Å². The number of fused-ring (bicyclic) bond motifs is 1. The van der Waals surface area contributed by atoms with Crippen LogP contribution in [0.5, 0.6) is 0 Å². The van der Waals surface area contributed by atoms with E-state index in [1.807, 2.05) is 29.8 Å². The second-order valence-electron chi connectivity index (χ2n) is 5.98. The highest BCUT2D eigenvalue weighted by Gasteiger charge is 2.16. The van der Waals surface area contributed by atoms with Gasteiger partial charge in [-0.2, -0.15) is 0 Å². The van der Waals surface area contributed by atoms with E-state index < -0.39 is 0 Å². The minimum atomic E-state index is -0.196. The number of para-hydroxylation sites is 1. The number of H-pyrrole nitrogens is 1. The number of nitrogens with zero attached hydrogens (tertiary/aromatic N) is 1. The quantitative estimate of drug-likeness (QED) is 0.709. The molecule has 1 saturated heterocycles. The minimum absolute atomic E-state index is 0.0157. The number of benzene rings is 1. The first kappa shape index (κ1) is 16.3. The van der Waals surface area contributed by atoms with Gasteiger partial charge in [-0.25, -0.2) is 4.98 Å². The lowest BCUT2D eigenvalue weighted by Crippen LogP contribution is -2.22. The third kappa shape index (κ3) is 3.73. The normalized spacial score (nSPS) is 17.2. The lowest BCUT2D eigenvalue weighted by Gasteiger charge is -2.09. The zero-order valence-electron chi connectivity index (χ0n) is 13.7. The van der Waals surface area contributed by atoms with Crippen molar-refractivity contribution in [1.29, 1.82) is 0 Å². The van der Waals surface area contributed by atoms with Crippen molar-refractivity contribution in [1.82, 2.24) is 9.97 Å². The number of aromatic nitrogens is 2. The van der Waals surface area contributed by atoms with Crippen LogP contribution in [-0.2, 0) is 14.3 Å². The monoisotopic (exact) mass is 357 g/mol. The Morgan fingerprint density at radius 1 is 1.44 bits per heavy atom. The highest BCUT2D eigenvalue weighted by molar-refractivity contribution is 7.14. The summed E-state index contributed by atoms with van der Waals surface area (Å²) in [5.74, 6) is -0.196. The SMILES string of the molecule is O=C(COCC1CCCO1)Nc1nc(-c2c[nH]c3ccccc23)cs1. The third-order valence-electron chi connectivity index (χ3n) is 4.18. The van der Waals surface area contributed by atoms with Gasteiger partial charge in [-0.1, -0.05) is 18.2 Å². The van der Waals surface area contributed by atoms with Gasteiger partial charge in [-0.3, -0.25) is 10.1 Å². The van der Waals surface area contributed by atoms with E-state index in [4.69, 9.17) is 9.47 Å². The topological polar surface area (TPSA) is 76.2 Å². The molecule has 0 radical (unpaired) electrons. The Morgan fingerprint density at radius 3 is 3.24 bits per heavy atom. The van der Waals surface area contributed by atoms with E-state index in [0.717, 1.165) is 41.6 Å². The lowest BCUT2D eigenvalue weighted by molar-refractivity contribution is -0.121. The molecule has 1 fully saturated rings. The fourth-order valence-electron chi connectivity index (χ4n) is 2.95. The molecule has 25 heavy (non-hydrogen) atoms. The van der Waals surface area contributed by atoms with Crippen LogP contribution in [0.4, 0.5) is 5.13 Å². The number of hydrogen-bond acceptors (Lipinski definition) is 5. The lowest BCUT2D eigenvalue weighted by atomic mass is 10.1. The Kier molecular flexibility index (Phi) is 4.78. The molecule has 0 spiro atoms. The molecule has 3 aromatic rings. The van der Waals surface area contributed by atoms with Crippen LogP contribution in [-0.4, -0.2) is 41.8 Å². The third-order valence-corrected chi connectivity index (χ3v) is 4.93. The smallest absolute Gasteiger partial charge is 0.252 e. The molecular weight excluding hydrogens is 338 g/mol. The Hall–Kier alpha value is -2.22. The van der Waals surface area contributed by atoms with Crippen molar-refractivity contribution in [2.24, 2.45) is 0 Å². The highest BCUT2D eigenvalue weighted by atomic mass is 32.1. The van der Waals surface area contributed by atoms with Crippen LogP contribution < -0.4 is 5.32 Å². The maximum Gasteiger partial charge on any atom is 0.252 e. The molecule has 6 nitrogen and oxygen atoms in total. The Bertz CT molecular complexity index is 867. The van der Waals surface area contributed by atoms with Crippen molar-refractivity contribution in [2.45, 2.75) is 18.9 Å². The molecule has 1 aromatic carbocycles. The molecule has 1 amide bonds. The van der Waals surface area contributed by atoms with Crippen LogP contribution in [0.3, 0.4) is 0 Å². The minimum Gasteiger partial charge on any atom is -0.376 e. The maximum atomic E-state index is 12.0. The zero-order chi connectivity index (χ0) is 17.1. The number of anilines is 1. The van der Waals surface area contributed by atoms with E-state index in [1.165, 1.54) is 11.3 Å². The van der Waals surface area contributed by atoms with Crippen molar-refractivity contribution in [3.63, 3.8) is 0 Å². The summed E-state index contributed by atoms with van der Waals surface area (Å²) in [7, 11) is 0. The largest absolute Gasteiger partial charge is 0.376 e. The van der Waals surface area contributed by atoms with Crippen LogP contribution in [0.15, 0.2) is 35.8 Å². The summed E-state index contributed by atoms with van der Waals surface area (Å²) in [6, 6.07) is 8.07. The first-order chi connectivity index (χ1) is 12.3. The van der Waals surface area contributed by atoms with Gasteiger partial charge in [0.25, 0.3) is 5.91 Å².